The number of fused-ring (bicyclic) bond motifs is 2. The lowest BCUT2D eigenvalue weighted by molar-refractivity contribution is 0.378. The largest absolute Gasteiger partial charge is 0.382 e. The van der Waals surface area contributed by atoms with Crippen molar-refractivity contribution in [3.05, 3.63) is 28.2 Å². The summed E-state index contributed by atoms with van der Waals surface area (Å²) in [5, 5.41) is 7.40. The van der Waals surface area contributed by atoms with E-state index in [0.717, 1.165) is 16.6 Å². The summed E-state index contributed by atoms with van der Waals surface area (Å²) < 4.78 is 1.16. The maximum Gasteiger partial charge on any atom is 0.0383 e. The van der Waals surface area contributed by atoms with E-state index in [0.29, 0.717) is 6.04 Å². The highest BCUT2D eigenvalue weighted by Crippen LogP contribution is 2.30. The highest BCUT2D eigenvalue weighted by Gasteiger charge is 2.33. The van der Waals surface area contributed by atoms with Crippen molar-refractivity contribution in [1.29, 1.82) is 0 Å². The Hall–Kier alpha value is -0.540. The predicted octanol–water partition coefficient (Wildman–Crippen LogP) is 3.45. The quantitative estimate of drug-likeness (QED) is 0.873. The molecule has 2 saturated heterocycles. The standard InChI is InChI=1S/C14H19BrN2/c1-9-2-3-10(15)6-14(9)17-13-7-11-4-5-12(8-13)16-11/h2-3,6,11-13,16-17H,4-5,7-8H2,1H3. The maximum absolute atomic E-state index is 3.72. The number of hydrogen-bond donors (Lipinski definition) is 2. The SMILES string of the molecule is Cc1ccc(Br)cc1NC1CC2CCC(C1)N2. The van der Waals surface area contributed by atoms with Gasteiger partial charge in [0.15, 0.2) is 0 Å². The highest BCUT2D eigenvalue weighted by atomic mass is 79.9. The number of benzene rings is 1. The molecule has 0 aliphatic carbocycles. The van der Waals surface area contributed by atoms with Gasteiger partial charge < -0.3 is 10.6 Å². The van der Waals surface area contributed by atoms with Crippen molar-refractivity contribution in [3.63, 3.8) is 0 Å². The molecule has 2 atom stereocenters. The van der Waals surface area contributed by atoms with Gasteiger partial charge >= 0.3 is 0 Å². The van der Waals surface area contributed by atoms with Crippen LogP contribution < -0.4 is 10.6 Å². The Morgan fingerprint density at radius 1 is 1.24 bits per heavy atom. The van der Waals surface area contributed by atoms with Crippen LogP contribution in [-0.2, 0) is 0 Å². The van der Waals surface area contributed by atoms with Gasteiger partial charge in [0.1, 0.15) is 0 Å². The summed E-state index contributed by atoms with van der Waals surface area (Å²) in [6.07, 6.45) is 5.26. The molecule has 2 N–H and O–H groups in total. The van der Waals surface area contributed by atoms with Gasteiger partial charge in [-0.3, -0.25) is 0 Å². The molecule has 1 aromatic rings. The minimum atomic E-state index is 0.641. The van der Waals surface area contributed by atoms with E-state index in [-0.39, 0.29) is 0 Å². The lowest BCUT2D eigenvalue weighted by Crippen LogP contribution is -2.43. The van der Waals surface area contributed by atoms with Crippen LogP contribution in [0.5, 0.6) is 0 Å². The molecule has 0 spiro atoms. The second kappa shape index (κ2) is 4.62. The van der Waals surface area contributed by atoms with Crippen LogP contribution in [0.15, 0.2) is 22.7 Å². The van der Waals surface area contributed by atoms with Crippen molar-refractivity contribution >= 4 is 21.6 Å². The van der Waals surface area contributed by atoms with Crippen LogP contribution in [0.3, 0.4) is 0 Å². The second-order valence-electron chi connectivity index (χ2n) is 5.41. The molecule has 0 saturated carbocycles. The van der Waals surface area contributed by atoms with E-state index in [1.165, 1.54) is 36.9 Å². The molecule has 0 aromatic heterocycles. The average Bonchev–Trinajstić information content (AvgIpc) is 2.63. The first-order valence-electron chi connectivity index (χ1n) is 6.49. The zero-order valence-corrected chi connectivity index (χ0v) is 11.8. The number of halogens is 1. The normalized spacial score (nSPS) is 31.5. The summed E-state index contributed by atoms with van der Waals surface area (Å²) in [6, 6.07) is 8.60. The molecule has 2 aliphatic rings. The third kappa shape index (κ3) is 2.50. The van der Waals surface area contributed by atoms with Gasteiger partial charge in [-0.1, -0.05) is 22.0 Å². The summed E-state index contributed by atoms with van der Waals surface area (Å²) >= 11 is 3.54. The van der Waals surface area contributed by atoms with E-state index in [9.17, 15) is 0 Å². The van der Waals surface area contributed by atoms with E-state index in [4.69, 9.17) is 0 Å². The van der Waals surface area contributed by atoms with Gasteiger partial charge in [0.05, 0.1) is 0 Å². The molecular formula is C14H19BrN2. The highest BCUT2D eigenvalue weighted by molar-refractivity contribution is 9.10. The Bertz CT molecular complexity index is 407. The van der Waals surface area contributed by atoms with Gasteiger partial charge in [-0.15, -0.1) is 0 Å². The molecule has 1 aromatic carbocycles. The van der Waals surface area contributed by atoms with E-state index in [2.05, 4.69) is 51.7 Å². The fourth-order valence-corrected chi connectivity index (χ4v) is 3.51. The Balaban J connectivity index is 1.72. The number of piperidine rings is 1. The topological polar surface area (TPSA) is 24.1 Å². The number of aryl methyl sites for hydroxylation is 1. The Morgan fingerprint density at radius 3 is 2.65 bits per heavy atom. The van der Waals surface area contributed by atoms with Gasteiger partial charge in [-0.05, 0) is 50.3 Å². The van der Waals surface area contributed by atoms with Gasteiger partial charge in [0, 0.05) is 28.3 Å². The zero-order valence-electron chi connectivity index (χ0n) is 10.2. The molecular weight excluding hydrogens is 276 g/mol. The summed E-state index contributed by atoms with van der Waals surface area (Å²) in [5.41, 5.74) is 2.62. The maximum atomic E-state index is 3.72. The van der Waals surface area contributed by atoms with Gasteiger partial charge in [-0.25, -0.2) is 0 Å². The molecule has 3 rings (SSSR count). The number of nitrogens with one attached hydrogen (secondary N) is 2. The first-order valence-corrected chi connectivity index (χ1v) is 7.29. The van der Waals surface area contributed by atoms with Crippen molar-refractivity contribution in [3.8, 4) is 0 Å². The molecule has 2 aliphatic heterocycles. The first-order chi connectivity index (χ1) is 8.20. The molecule has 92 valence electrons. The van der Waals surface area contributed by atoms with Crippen LogP contribution in [0.2, 0.25) is 0 Å². The zero-order chi connectivity index (χ0) is 11.8. The van der Waals surface area contributed by atoms with Crippen LogP contribution in [0.25, 0.3) is 0 Å². The molecule has 2 unspecified atom stereocenters. The van der Waals surface area contributed by atoms with Crippen molar-refractivity contribution < 1.29 is 0 Å². The van der Waals surface area contributed by atoms with Crippen LogP contribution >= 0.6 is 15.9 Å². The lowest BCUT2D eigenvalue weighted by atomic mass is 9.99. The fraction of sp³-hybridized carbons (Fsp3) is 0.571. The fourth-order valence-electron chi connectivity index (χ4n) is 3.14. The van der Waals surface area contributed by atoms with E-state index >= 15 is 0 Å². The van der Waals surface area contributed by atoms with Crippen LogP contribution in [0.1, 0.15) is 31.2 Å². The summed E-state index contributed by atoms with van der Waals surface area (Å²) in [7, 11) is 0. The number of anilines is 1. The van der Waals surface area contributed by atoms with E-state index in [1.807, 2.05) is 0 Å². The molecule has 17 heavy (non-hydrogen) atoms. The molecule has 0 amide bonds. The minimum Gasteiger partial charge on any atom is -0.382 e. The van der Waals surface area contributed by atoms with Crippen molar-refractivity contribution in [2.45, 2.75) is 50.7 Å². The van der Waals surface area contributed by atoms with Crippen molar-refractivity contribution in [2.24, 2.45) is 0 Å². The van der Waals surface area contributed by atoms with E-state index in [1.54, 1.807) is 0 Å². The summed E-state index contributed by atoms with van der Waals surface area (Å²) in [4.78, 5) is 0. The molecule has 3 heteroatoms. The number of rotatable bonds is 2. The van der Waals surface area contributed by atoms with Crippen LogP contribution in [-0.4, -0.2) is 18.1 Å². The van der Waals surface area contributed by atoms with E-state index < -0.39 is 0 Å². The number of hydrogen-bond acceptors (Lipinski definition) is 2. The minimum absolute atomic E-state index is 0.641. The summed E-state index contributed by atoms with van der Waals surface area (Å²) in [6.45, 7) is 2.17. The van der Waals surface area contributed by atoms with Gasteiger partial charge in [0.2, 0.25) is 0 Å². The van der Waals surface area contributed by atoms with Gasteiger partial charge in [0.25, 0.3) is 0 Å². The molecule has 2 nitrogen and oxygen atoms in total. The smallest absolute Gasteiger partial charge is 0.0383 e. The lowest BCUT2D eigenvalue weighted by Gasteiger charge is -2.31. The van der Waals surface area contributed by atoms with Crippen LogP contribution in [0, 0.1) is 6.92 Å². The third-order valence-corrected chi connectivity index (χ3v) is 4.53. The molecule has 0 radical (unpaired) electrons. The molecule has 2 bridgehead atoms. The van der Waals surface area contributed by atoms with Crippen LogP contribution in [0.4, 0.5) is 5.69 Å². The average molecular weight is 295 g/mol. The Kier molecular flexibility index (Phi) is 3.14. The molecule has 2 heterocycles. The third-order valence-electron chi connectivity index (χ3n) is 4.03. The predicted molar refractivity (Wildman–Crippen MR) is 75.5 cm³/mol. The second-order valence-corrected chi connectivity index (χ2v) is 6.33. The van der Waals surface area contributed by atoms with Crippen molar-refractivity contribution in [2.75, 3.05) is 5.32 Å². The summed E-state index contributed by atoms with van der Waals surface area (Å²) in [5.74, 6) is 0. The Morgan fingerprint density at radius 2 is 1.94 bits per heavy atom. The van der Waals surface area contributed by atoms with Crippen molar-refractivity contribution in [1.82, 2.24) is 5.32 Å². The molecule has 2 fully saturated rings. The Labute approximate surface area is 111 Å². The first kappa shape index (κ1) is 11.5. The monoisotopic (exact) mass is 294 g/mol. The van der Waals surface area contributed by atoms with Gasteiger partial charge in [-0.2, -0.15) is 0 Å².